The van der Waals surface area contributed by atoms with Gasteiger partial charge in [0, 0.05) is 17.4 Å². The van der Waals surface area contributed by atoms with E-state index in [1.807, 2.05) is 49.4 Å². The van der Waals surface area contributed by atoms with Crippen LogP contribution in [0.3, 0.4) is 0 Å². The van der Waals surface area contributed by atoms with Gasteiger partial charge in [-0.25, -0.2) is 0 Å². The maximum Gasteiger partial charge on any atom is 0.243 e. The summed E-state index contributed by atoms with van der Waals surface area (Å²) in [7, 11) is 0. The van der Waals surface area contributed by atoms with Gasteiger partial charge in [0.1, 0.15) is 5.75 Å². The molecule has 0 heterocycles. The SMILES string of the molecule is CCc1cccc(C)c1NC(=O)CNc1cccc(OCC(C)C)c1. The monoisotopic (exact) mass is 340 g/mol. The van der Waals surface area contributed by atoms with Crippen molar-refractivity contribution >= 4 is 17.3 Å². The van der Waals surface area contributed by atoms with Crippen LogP contribution >= 0.6 is 0 Å². The second-order valence-corrected chi connectivity index (χ2v) is 6.60. The Hall–Kier alpha value is -2.49. The molecule has 0 aliphatic rings. The van der Waals surface area contributed by atoms with Crippen LogP contribution in [0.4, 0.5) is 11.4 Å². The number of carbonyl (C=O) groups excluding carboxylic acids is 1. The summed E-state index contributed by atoms with van der Waals surface area (Å²) in [6.07, 6.45) is 0.889. The van der Waals surface area contributed by atoms with E-state index < -0.39 is 0 Å². The third-order valence-electron chi connectivity index (χ3n) is 3.87. The lowest BCUT2D eigenvalue weighted by molar-refractivity contribution is -0.114. The van der Waals surface area contributed by atoms with Crippen molar-refractivity contribution in [2.75, 3.05) is 23.8 Å². The molecule has 2 aromatic carbocycles. The molecule has 0 aromatic heterocycles. The average Bonchev–Trinajstić information content (AvgIpc) is 2.60. The van der Waals surface area contributed by atoms with E-state index >= 15 is 0 Å². The van der Waals surface area contributed by atoms with Crippen LogP contribution in [0, 0.1) is 12.8 Å². The zero-order chi connectivity index (χ0) is 18.2. The van der Waals surface area contributed by atoms with Crippen LogP contribution in [0.2, 0.25) is 0 Å². The van der Waals surface area contributed by atoms with Gasteiger partial charge in [-0.2, -0.15) is 0 Å². The van der Waals surface area contributed by atoms with Crippen molar-refractivity contribution in [3.63, 3.8) is 0 Å². The molecule has 0 spiro atoms. The van der Waals surface area contributed by atoms with E-state index in [1.165, 1.54) is 0 Å². The number of benzene rings is 2. The van der Waals surface area contributed by atoms with Gasteiger partial charge in [-0.15, -0.1) is 0 Å². The number of ether oxygens (including phenoxy) is 1. The molecule has 0 saturated heterocycles. The predicted molar refractivity (Wildman–Crippen MR) is 104 cm³/mol. The van der Waals surface area contributed by atoms with Gasteiger partial charge < -0.3 is 15.4 Å². The van der Waals surface area contributed by atoms with Gasteiger partial charge >= 0.3 is 0 Å². The topological polar surface area (TPSA) is 50.4 Å². The minimum absolute atomic E-state index is 0.0579. The second-order valence-electron chi connectivity index (χ2n) is 6.60. The normalized spacial score (nSPS) is 10.6. The van der Waals surface area contributed by atoms with E-state index in [4.69, 9.17) is 4.74 Å². The summed E-state index contributed by atoms with van der Waals surface area (Å²) in [5.41, 5.74) is 4.02. The van der Waals surface area contributed by atoms with Crippen LogP contribution in [0.5, 0.6) is 5.75 Å². The lowest BCUT2D eigenvalue weighted by Gasteiger charge is -2.14. The number of hydrogen-bond acceptors (Lipinski definition) is 3. The first-order valence-corrected chi connectivity index (χ1v) is 8.84. The third kappa shape index (κ3) is 5.82. The first-order chi connectivity index (χ1) is 12.0. The fraction of sp³-hybridized carbons (Fsp3) is 0.381. The average molecular weight is 340 g/mol. The Balaban J connectivity index is 1.93. The van der Waals surface area contributed by atoms with Gasteiger partial charge in [-0.05, 0) is 42.5 Å². The Bertz CT molecular complexity index is 711. The Morgan fingerprint density at radius 2 is 1.92 bits per heavy atom. The maximum absolute atomic E-state index is 12.3. The quantitative estimate of drug-likeness (QED) is 0.736. The highest BCUT2D eigenvalue weighted by Gasteiger charge is 2.08. The third-order valence-corrected chi connectivity index (χ3v) is 3.87. The van der Waals surface area contributed by atoms with Crippen molar-refractivity contribution in [2.24, 2.45) is 5.92 Å². The highest BCUT2D eigenvalue weighted by molar-refractivity contribution is 5.95. The molecule has 2 N–H and O–H groups in total. The summed E-state index contributed by atoms with van der Waals surface area (Å²) in [5.74, 6) is 1.23. The molecule has 0 bridgehead atoms. The molecule has 0 atom stereocenters. The van der Waals surface area contributed by atoms with Gasteiger partial charge in [-0.1, -0.05) is 45.0 Å². The molecule has 0 saturated carbocycles. The van der Waals surface area contributed by atoms with Crippen LogP contribution < -0.4 is 15.4 Å². The Labute approximate surface area is 150 Å². The van der Waals surface area contributed by atoms with E-state index in [9.17, 15) is 4.79 Å². The molecule has 25 heavy (non-hydrogen) atoms. The Morgan fingerprint density at radius 1 is 1.16 bits per heavy atom. The van der Waals surface area contributed by atoms with Crippen LogP contribution in [-0.2, 0) is 11.2 Å². The zero-order valence-corrected chi connectivity index (χ0v) is 15.6. The van der Waals surface area contributed by atoms with Crippen LogP contribution in [0.25, 0.3) is 0 Å². The van der Waals surface area contributed by atoms with E-state index in [0.717, 1.165) is 34.7 Å². The molecule has 1 amide bonds. The fourth-order valence-corrected chi connectivity index (χ4v) is 2.53. The van der Waals surface area contributed by atoms with Crippen molar-refractivity contribution in [1.82, 2.24) is 0 Å². The minimum Gasteiger partial charge on any atom is -0.493 e. The summed E-state index contributed by atoms with van der Waals surface area (Å²) >= 11 is 0. The van der Waals surface area contributed by atoms with Crippen molar-refractivity contribution in [3.05, 3.63) is 53.6 Å². The number of rotatable bonds is 8. The van der Waals surface area contributed by atoms with Crippen molar-refractivity contribution in [1.29, 1.82) is 0 Å². The molecular formula is C21H28N2O2. The molecule has 0 aliphatic carbocycles. The predicted octanol–water partition coefficient (Wildman–Crippen LogP) is 4.64. The largest absolute Gasteiger partial charge is 0.493 e. The number of carbonyl (C=O) groups is 1. The summed E-state index contributed by atoms with van der Waals surface area (Å²) < 4.78 is 5.72. The van der Waals surface area contributed by atoms with E-state index in [1.54, 1.807) is 0 Å². The number of hydrogen-bond donors (Lipinski definition) is 2. The number of para-hydroxylation sites is 1. The van der Waals surface area contributed by atoms with Gasteiger partial charge in [0.05, 0.1) is 13.2 Å². The first-order valence-electron chi connectivity index (χ1n) is 8.84. The molecular weight excluding hydrogens is 312 g/mol. The van der Waals surface area contributed by atoms with Crippen LogP contribution in [0.1, 0.15) is 31.9 Å². The molecule has 134 valence electrons. The lowest BCUT2D eigenvalue weighted by atomic mass is 10.1. The summed E-state index contributed by atoms with van der Waals surface area (Å²) in [6.45, 7) is 9.22. The Kier molecular flexibility index (Phi) is 6.87. The van der Waals surface area contributed by atoms with Gasteiger partial charge in [0.15, 0.2) is 0 Å². The highest BCUT2D eigenvalue weighted by Crippen LogP contribution is 2.21. The fourth-order valence-electron chi connectivity index (χ4n) is 2.53. The number of aryl methyl sites for hydroxylation is 2. The number of anilines is 2. The standard InChI is InChI=1S/C21H28N2O2/c1-5-17-9-6-8-16(4)21(17)23-20(24)13-22-18-10-7-11-19(12-18)25-14-15(2)3/h6-12,15,22H,5,13-14H2,1-4H3,(H,23,24). The second kappa shape index (κ2) is 9.11. The summed E-state index contributed by atoms with van der Waals surface area (Å²) in [5, 5.41) is 6.18. The zero-order valence-electron chi connectivity index (χ0n) is 15.6. The molecule has 0 radical (unpaired) electrons. The minimum atomic E-state index is -0.0579. The molecule has 0 fully saturated rings. The molecule has 2 rings (SSSR count). The van der Waals surface area contributed by atoms with Crippen LogP contribution in [0.15, 0.2) is 42.5 Å². The molecule has 2 aromatic rings. The van der Waals surface area contributed by atoms with Crippen LogP contribution in [-0.4, -0.2) is 19.1 Å². The number of amides is 1. The summed E-state index contributed by atoms with van der Waals surface area (Å²) in [6, 6.07) is 13.8. The Morgan fingerprint density at radius 3 is 2.64 bits per heavy atom. The molecule has 4 heteroatoms. The van der Waals surface area contributed by atoms with Gasteiger partial charge in [0.2, 0.25) is 5.91 Å². The van der Waals surface area contributed by atoms with Crippen molar-refractivity contribution in [3.8, 4) is 5.75 Å². The maximum atomic E-state index is 12.3. The van der Waals surface area contributed by atoms with E-state index in [0.29, 0.717) is 12.5 Å². The molecule has 4 nitrogen and oxygen atoms in total. The lowest BCUT2D eigenvalue weighted by Crippen LogP contribution is -2.23. The van der Waals surface area contributed by atoms with E-state index in [-0.39, 0.29) is 12.5 Å². The number of nitrogens with one attached hydrogen (secondary N) is 2. The van der Waals surface area contributed by atoms with Gasteiger partial charge in [-0.3, -0.25) is 4.79 Å². The highest BCUT2D eigenvalue weighted by atomic mass is 16.5. The van der Waals surface area contributed by atoms with Crippen molar-refractivity contribution < 1.29 is 9.53 Å². The molecule has 0 unspecified atom stereocenters. The van der Waals surface area contributed by atoms with E-state index in [2.05, 4.69) is 31.4 Å². The first kappa shape index (κ1) is 18.8. The van der Waals surface area contributed by atoms with Gasteiger partial charge in [0.25, 0.3) is 0 Å². The molecule has 0 aliphatic heterocycles. The summed E-state index contributed by atoms with van der Waals surface area (Å²) in [4.78, 5) is 12.3. The van der Waals surface area contributed by atoms with Crippen molar-refractivity contribution in [2.45, 2.75) is 34.1 Å². The smallest absolute Gasteiger partial charge is 0.243 e.